The fraction of sp³-hybridized carbons (Fsp3) is 0.654. The minimum Gasteiger partial charge on any atom is -0.382 e. The number of rotatable bonds is 5. The number of amides is 2. The van der Waals surface area contributed by atoms with E-state index >= 15 is 0 Å². The number of aliphatic hydroxyl groups is 1. The van der Waals surface area contributed by atoms with Gasteiger partial charge in [0.05, 0.1) is 6.04 Å². The van der Waals surface area contributed by atoms with Gasteiger partial charge >= 0.3 is 6.03 Å². The van der Waals surface area contributed by atoms with Crippen molar-refractivity contribution in [3.05, 3.63) is 41.7 Å². The van der Waals surface area contributed by atoms with Gasteiger partial charge in [0.1, 0.15) is 17.7 Å². The van der Waals surface area contributed by atoms with Crippen LogP contribution in [0.25, 0.3) is 0 Å². The maximum absolute atomic E-state index is 14.4. The molecule has 192 valence electrons. The number of halogens is 1. The maximum atomic E-state index is 14.4. The Morgan fingerprint density at radius 1 is 1.11 bits per heavy atom. The molecule has 5 fully saturated rings. The highest BCUT2D eigenvalue weighted by molar-refractivity contribution is 7.84. The minimum absolute atomic E-state index is 0.159. The summed E-state index contributed by atoms with van der Waals surface area (Å²) < 4.78 is 27.8. The van der Waals surface area contributed by atoms with E-state index < -0.39 is 16.4 Å². The van der Waals surface area contributed by atoms with Crippen LogP contribution in [0, 0.1) is 22.6 Å². The summed E-state index contributed by atoms with van der Waals surface area (Å²) in [5.41, 5.74) is 0.353. The first kappa shape index (κ1) is 22.8. The fourth-order valence-corrected chi connectivity index (χ4v) is 7.67. The van der Waals surface area contributed by atoms with Crippen LogP contribution >= 0.6 is 0 Å². The normalized spacial score (nSPS) is 26.2. The van der Waals surface area contributed by atoms with Gasteiger partial charge in [-0.3, -0.25) is 4.21 Å². The number of likely N-dealkylation sites (tertiary alicyclic amines) is 2. The van der Waals surface area contributed by atoms with Gasteiger partial charge in [-0.25, -0.2) is 18.9 Å². The molecule has 8 nitrogen and oxygen atoms in total. The van der Waals surface area contributed by atoms with Crippen molar-refractivity contribution in [1.29, 1.82) is 0 Å². The molecule has 2 amide bonds. The molecule has 2 aromatic rings. The van der Waals surface area contributed by atoms with E-state index in [0.717, 1.165) is 64.7 Å². The Morgan fingerprint density at radius 3 is 2.33 bits per heavy atom. The Hall–Kier alpha value is -2.33. The number of carbonyl (C=O) groups is 1. The third-order valence-corrected chi connectivity index (χ3v) is 10.2. The summed E-state index contributed by atoms with van der Waals surface area (Å²) in [7, 11) is -1.17. The molecule has 1 unspecified atom stereocenters. The highest BCUT2D eigenvalue weighted by Crippen LogP contribution is 2.56. The van der Waals surface area contributed by atoms with Gasteiger partial charge in [-0.05, 0) is 68.6 Å². The Morgan fingerprint density at radius 2 is 1.75 bits per heavy atom. The molecule has 1 aromatic heterocycles. The monoisotopic (exact) mass is 513 g/mol. The molecule has 10 heteroatoms. The smallest absolute Gasteiger partial charge is 0.320 e. The lowest BCUT2D eigenvalue weighted by Gasteiger charge is -2.63. The molecule has 36 heavy (non-hydrogen) atoms. The molecule has 0 radical (unpaired) electrons. The van der Waals surface area contributed by atoms with Gasteiger partial charge < -0.3 is 14.9 Å². The van der Waals surface area contributed by atoms with Crippen LogP contribution in [0.5, 0.6) is 0 Å². The second kappa shape index (κ2) is 7.60. The molecule has 2 spiro atoms. The second-order valence-electron chi connectivity index (χ2n) is 12.3. The van der Waals surface area contributed by atoms with E-state index in [1.807, 2.05) is 14.5 Å². The van der Waals surface area contributed by atoms with Gasteiger partial charge in [-0.1, -0.05) is 6.07 Å². The van der Waals surface area contributed by atoms with Crippen LogP contribution in [-0.4, -0.2) is 72.3 Å². The van der Waals surface area contributed by atoms with E-state index in [1.165, 1.54) is 6.07 Å². The summed E-state index contributed by atoms with van der Waals surface area (Å²) in [6.45, 7) is 3.26. The molecule has 2 saturated heterocycles. The van der Waals surface area contributed by atoms with Crippen LogP contribution in [0.2, 0.25) is 0 Å². The van der Waals surface area contributed by atoms with Gasteiger partial charge in [0.2, 0.25) is 0 Å². The number of urea groups is 1. The van der Waals surface area contributed by atoms with Crippen molar-refractivity contribution >= 4 is 16.8 Å². The Bertz CT molecular complexity index is 1250. The van der Waals surface area contributed by atoms with Crippen molar-refractivity contribution in [3.63, 3.8) is 0 Å². The Balaban J connectivity index is 0.852. The third-order valence-electron chi connectivity index (χ3n) is 9.31. The second-order valence-corrected chi connectivity index (χ2v) is 13.7. The zero-order valence-corrected chi connectivity index (χ0v) is 21.3. The predicted octanol–water partition coefficient (Wildman–Crippen LogP) is 2.85. The first-order valence-electron chi connectivity index (χ1n) is 12.9. The average molecular weight is 514 g/mol. The van der Waals surface area contributed by atoms with Crippen molar-refractivity contribution < 1.29 is 18.5 Å². The van der Waals surface area contributed by atoms with E-state index in [2.05, 4.69) is 10.1 Å². The van der Waals surface area contributed by atoms with Crippen LogP contribution in [0.1, 0.15) is 56.0 Å². The number of aromatic nitrogens is 3. The summed E-state index contributed by atoms with van der Waals surface area (Å²) in [6.07, 6.45) is 9.61. The van der Waals surface area contributed by atoms with Gasteiger partial charge in [0.15, 0.2) is 5.82 Å². The molecule has 2 aliphatic heterocycles. The van der Waals surface area contributed by atoms with E-state index in [1.54, 1.807) is 24.7 Å². The lowest BCUT2D eigenvalue weighted by molar-refractivity contribution is -0.107. The molecule has 3 saturated carbocycles. The molecule has 1 N–H and O–H groups in total. The highest BCUT2D eigenvalue weighted by atomic mass is 32.2. The summed E-state index contributed by atoms with van der Waals surface area (Å²) in [6, 6.07) is 5.41. The van der Waals surface area contributed by atoms with Crippen LogP contribution < -0.4 is 0 Å². The SMILES string of the molecule is CS(=O)c1ccc(CC2CC3(C2)CN(C(=O)N2CC4(CC(n5cnc(C6(O)CC6)n5)C4)C2)C3)c(F)c1. The summed E-state index contributed by atoms with van der Waals surface area (Å²) in [4.78, 5) is 21.7. The number of hydrogen-bond donors (Lipinski definition) is 1. The third kappa shape index (κ3) is 3.62. The fourth-order valence-electron chi connectivity index (χ4n) is 7.14. The molecule has 3 aliphatic carbocycles. The quantitative estimate of drug-likeness (QED) is 0.664. The van der Waals surface area contributed by atoms with Crippen LogP contribution in [-0.2, 0) is 22.8 Å². The first-order chi connectivity index (χ1) is 17.1. The van der Waals surface area contributed by atoms with Crippen molar-refractivity contribution in [2.24, 2.45) is 16.7 Å². The number of benzene rings is 1. The Labute approximate surface area is 212 Å². The molecular formula is C26H32FN5O3S. The molecule has 5 aliphatic rings. The van der Waals surface area contributed by atoms with E-state index in [4.69, 9.17) is 0 Å². The van der Waals surface area contributed by atoms with Gasteiger partial charge in [0.25, 0.3) is 0 Å². The average Bonchev–Trinajstić information content (AvgIpc) is 3.28. The molecule has 3 heterocycles. The summed E-state index contributed by atoms with van der Waals surface area (Å²) >= 11 is 0. The van der Waals surface area contributed by atoms with Gasteiger partial charge in [0, 0.05) is 59.0 Å². The molecule has 1 atom stereocenters. The minimum atomic E-state index is -1.17. The molecule has 0 bridgehead atoms. The largest absolute Gasteiger partial charge is 0.382 e. The Kier molecular flexibility index (Phi) is 4.82. The first-order valence-corrected chi connectivity index (χ1v) is 14.5. The van der Waals surface area contributed by atoms with Gasteiger partial charge in [-0.2, -0.15) is 5.10 Å². The molecule has 7 rings (SSSR count). The van der Waals surface area contributed by atoms with Crippen molar-refractivity contribution in [3.8, 4) is 0 Å². The highest BCUT2D eigenvalue weighted by Gasteiger charge is 2.58. The van der Waals surface area contributed by atoms with E-state index in [0.29, 0.717) is 34.7 Å². The number of carbonyl (C=O) groups excluding carboxylic acids is 1. The van der Waals surface area contributed by atoms with Crippen molar-refractivity contribution in [2.45, 2.75) is 61.5 Å². The van der Waals surface area contributed by atoms with Gasteiger partial charge in [-0.15, -0.1) is 0 Å². The summed E-state index contributed by atoms with van der Waals surface area (Å²) in [5.74, 6) is 0.742. The standard InChI is InChI=1S/C26H32FN5O3S/c1-36(35)20-3-2-18(21(27)7-20)6-17-8-24(9-17)12-30(13-24)23(33)31-14-25(15-31)10-19(11-25)32-16-28-22(29-32)26(34)4-5-26/h2-3,7,16-17,19,34H,4-6,8-15H2,1H3. The zero-order valence-electron chi connectivity index (χ0n) is 20.5. The number of nitrogens with zero attached hydrogens (tertiary/aromatic N) is 5. The van der Waals surface area contributed by atoms with Crippen LogP contribution in [0.4, 0.5) is 9.18 Å². The molecular weight excluding hydrogens is 481 g/mol. The number of hydrogen-bond acceptors (Lipinski definition) is 5. The van der Waals surface area contributed by atoms with E-state index in [9.17, 15) is 18.5 Å². The van der Waals surface area contributed by atoms with Crippen molar-refractivity contribution in [1.82, 2.24) is 24.6 Å². The zero-order chi connectivity index (χ0) is 24.9. The maximum Gasteiger partial charge on any atom is 0.320 e. The van der Waals surface area contributed by atoms with E-state index in [-0.39, 0.29) is 22.7 Å². The molecule has 1 aromatic carbocycles. The van der Waals surface area contributed by atoms with Crippen LogP contribution in [0.3, 0.4) is 0 Å². The van der Waals surface area contributed by atoms with Crippen LogP contribution in [0.15, 0.2) is 29.4 Å². The lowest BCUT2D eigenvalue weighted by Crippen LogP contribution is -2.71. The van der Waals surface area contributed by atoms with Crippen molar-refractivity contribution in [2.75, 3.05) is 32.4 Å². The summed E-state index contributed by atoms with van der Waals surface area (Å²) in [5, 5.41) is 14.7. The topological polar surface area (TPSA) is 91.6 Å². The predicted molar refractivity (Wildman–Crippen MR) is 130 cm³/mol. The lowest BCUT2D eigenvalue weighted by atomic mass is 9.56.